The highest BCUT2D eigenvalue weighted by molar-refractivity contribution is 6.21. The van der Waals surface area contributed by atoms with Gasteiger partial charge in [0.25, 0.3) is 0 Å². The van der Waals surface area contributed by atoms with Gasteiger partial charge in [-0.3, -0.25) is 0 Å². The summed E-state index contributed by atoms with van der Waals surface area (Å²) in [5.41, 5.74) is 10.2. The molecule has 1 atom stereocenters. The Morgan fingerprint density at radius 3 is 1.87 bits per heavy atom. The second kappa shape index (κ2) is 17.5. The molecule has 6 aromatic carbocycles. The van der Waals surface area contributed by atoms with Crippen molar-refractivity contribution >= 4 is 50.0 Å². The molecule has 0 heteroatoms. The quantitative estimate of drug-likeness (QED) is 0.117. The highest BCUT2D eigenvalue weighted by Crippen LogP contribution is 2.45. The summed E-state index contributed by atoms with van der Waals surface area (Å²) in [6, 6.07) is 38.4. The second-order valence-corrected chi connectivity index (χ2v) is 13.2. The fourth-order valence-electron chi connectivity index (χ4n) is 7.17. The SMILES string of the molecule is C/C=C\C=C/c1ccc(-c2cc3c4ccccc4c(C4(C)C=CC(c5cccc(C)c5/C=C\C)=CC4)cc3c3ccccc23)cc1.C=CC=C.CC. The Kier molecular flexibility index (Phi) is 12.6. The first-order chi connectivity index (χ1) is 25.4. The molecule has 0 aliphatic heterocycles. The molecule has 6 aromatic rings. The molecule has 0 nitrogen and oxygen atoms in total. The van der Waals surface area contributed by atoms with E-state index in [4.69, 9.17) is 0 Å². The summed E-state index contributed by atoms with van der Waals surface area (Å²) in [7, 11) is 0. The van der Waals surface area contributed by atoms with Gasteiger partial charge in [0, 0.05) is 5.41 Å². The lowest BCUT2D eigenvalue weighted by Gasteiger charge is -2.31. The lowest BCUT2D eigenvalue weighted by Crippen LogP contribution is -2.21. The van der Waals surface area contributed by atoms with Gasteiger partial charge in [-0.15, -0.1) is 0 Å². The zero-order valence-electron chi connectivity index (χ0n) is 31.8. The maximum Gasteiger partial charge on any atom is 0.0148 e. The number of aryl methyl sites for hydroxylation is 1. The molecule has 260 valence electrons. The van der Waals surface area contributed by atoms with Crippen LogP contribution < -0.4 is 0 Å². The van der Waals surface area contributed by atoms with Gasteiger partial charge < -0.3 is 0 Å². The minimum Gasteiger partial charge on any atom is -0.0991 e. The first-order valence-corrected chi connectivity index (χ1v) is 18.6. The molecule has 1 aliphatic rings. The van der Waals surface area contributed by atoms with Gasteiger partial charge in [0.1, 0.15) is 0 Å². The normalized spacial score (nSPS) is 15.5. The van der Waals surface area contributed by atoms with Crippen LogP contribution in [0.2, 0.25) is 0 Å². The van der Waals surface area contributed by atoms with Crippen molar-refractivity contribution in [3.63, 3.8) is 0 Å². The van der Waals surface area contributed by atoms with Gasteiger partial charge in [0.05, 0.1) is 0 Å². The Hall–Kier alpha value is -5.72. The van der Waals surface area contributed by atoms with E-state index in [-0.39, 0.29) is 5.41 Å². The van der Waals surface area contributed by atoms with Gasteiger partial charge in [-0.05, 0) is 116 Å². The van der Waals surface area contributed by atoms with Crippen molar-refractivity contribution < 1.29 is 0 Å². The Morgan fingerprint density at radius 2 is 1.25 bits per heavy atom. The van der Waals surface area contributed by atoms with E-state index in [0.29, 0.717) is 0 Å². The highest BCUT2D eigenvalue weighted by Gasteiger charge is 2.29. The smallest absolute Gasteiger partial charge is 0.0148 e. The van der Waals surface area contributed by atoms with E-state index in [9.17, 15) is 0 Å². The Morgan fingerprint density at radius 1 is 0.615 bits per heavy atom. The van der Waals surface area contributed by atoms with Crippen molar-refractivity contribution in [2.45, 2.75) is 53.4 Å². The van der Waals surface area contributed by atoms with Crippen LogP contribution in [0.15, 0.2) is 171 Å². The van der Waals surface area contributed by atoms with E-state index >= 15 is 0 Å². The lowest BCUT2D eigenvalue weighted by molar-refractivity contribution is 0.607. The molecule has 0 fully saturated rings. The number of hydrogen-bond acceptors (Lipinski definition) is 0. The van der Waals surface area contributed by atoms with E-state index in [1.54, 1.807) is 12.2 Å². The fourth-order valence-corrected chi connectivity index (χ4v) is 7.17. The number of benzene rings is 6. The van der Waals surface area contributed by atoms with Crippen LogP contribution in [0, 0.1) is 6.92 Å². The van der Waals surface area contributed by atoms with E-state index in [2.05, 4.69) is 186 Å². The average Bonchev–Trinajstić information content (AvgIpc) is 3.19. The standard InChI is InChI=1S/C46H40.C4H6.C2H6/c1-5-7-8-16-33-22-24-34(25-23-33)42-30-43-40-19-11-12-20-41(40)45(31-44(43)39-18-10-9-17-38(39)42)46(4)28-26-35(27-29-46)37-21-13-15-32(3)36(37)14-6-2;1-3-4-2;1-2/h5-28,30-31H,29H2,1-4H3;3-4H,1-2H2;1-2H3/b7-5-,14-6-,16-8-;;. The summed E-state index contributed by atoms with van der Waals surface area (Å²) in [4.78, 5) is 0. The molecule has 0 saturated carbocycles. The summed E-state index contributed by atoms with van der Waals surface area (Å²) < 4.78 is 0. The molecule has 0 aromatic heterocycles. The average molecular weight is 677 g/mol. The van der Waals surface area contributed by atoms with Crippen LogP contribution in [-0.4, -0.2) is 0 Å². The molecule has 0 bridgehead atoms. The Labute approximate surface area is 312 Å². The number of fused-ring (bicyclic) bond motifs is 5. The summed E-state index contributed by atoms with van der Waals surface area (Å²) in [6.45, 7) is 19.5. The molecule has 52 heavy (non-hydrogen) atoms. The minimum absolute atomic E-state index is 0.127. The molecular formula is C52H52. The third-order valence-corrected chi connectivity index (χ3v) is 9.82. The molecule has 7 rings (SSSR count). The van der Waals surface area contributed by atoms with E-state index in [0.717, 1.165) is 6.42 Å². The van der Waals surface area contributed by atoms with Gasteiger partial charge in [0.15, 0.2) is 0 Å². The van der Waals surface area contributed by atoms with Crippen molar-refractivity contribution in [2.24, 2.45) is 0 Å². The fraction of sp³-hybridized carbons (Fsp3) is 0.154. The van der Waals surface area contributed by atoms with Crippen molar-refractivity contribution in [3.8, 4) is 11.1 Å². The monoisotopic (exact) mass is 676 g/mol. The third kappa shape index (κ3) is 7.78. The van der Waals surface area contributed by atoms with Gasteiger partial charge in [-0.25, -0.2) is 0 Å². The van der Waals surface area contributed by atoms with E-state index < -0.39 is 0 Å². The molecule has 1 unspecified atom stereocenters. The number of hydrogen-bond donors (Lipinski definition) is 0. The van der Waals surface area contributed by atoms with Crippen LogP contribution in [0.5, 0.6) is 0 Å². The maximum atomic E-state index is 3.36. The topological polar surface area (TPSA) is 0 Å². The van der Waals surface area contributed by atoms with Crippen molar-refractivity contribution in [2.75, 3.05) is 0 Å². The molecule has 0 heterocycles. The first kappa shape index (κ1) is 37.5. The van der Waals surface area contributed by atoms with E-state index in [1.807, 2.05) is 26.8 Å². The van der Waals surface area contributed by atoms with Gasteiger partial charge >= 0.3 is 0 Å². The lowest BCUT2D eigenvalue weighted by atomic mass is 9.72. The largest absolute Gasteiger partial charge is 0.0991 e. The van der Waals surface area contributed by atoms with Crippen molar-refractivity contribution in [3.05, 3.63) is 199 Å². The van der Waals surface area contributed by atoms with Gasteiger partial charge in [-0.1, -0.05) is 192 Å². The molecule has 1 aliphatic carbocycles. The van der Waals surface area contributed by atoms with Crippen LogP contribution in [0.1, 0.15) is 68.9 Å². The van der Waals surface area contributed by atoms with Crippen LogP contribution in [0.4, 0.5) is 0 Å². The van der Waals surface area contributed by atoms with Crippen LogP contribution >= 0.6 is 0 Å². The van der Waals surface area contributed by atoms with Gasteiger partial charge in [-0.2, -0.15) is 0 Å². The van der Waals surface area contributed by atoms with E-state index in [1.165, 1.54) is 76.8 Å². The number of allylic oxidation sites excluding steroid dienone is 10. The Bertz CT molecular complexity index is 2340. The maximum absolute atomic E-state index is 3.36. The minimum atomic E-state index is -0.127. The summed E-state index contributed by atoms with van der Waals surface area (Å²) in [5, 5.41) is 7.85. The molecule has 0 amide bonds. The van der Waals surface area contributed by atoms with Gasteiger partial charge in [0.2, 0.25) is 0 Å². The van der Waals surface area contributed by atoms with Crippen LogP contribution in [-0.2, 0) is 5.41 Å². The number of rotatable bonds is 7. The molecule has 0 spiro atoms. The zero-order chi connectivity index (χ0) is 37.1. The van der Waals surface area contributed by atoms with Crippen LogP contribution in [0.3, 0.4) is 0 Å². The van der Waals surface area contributed by atoms with Crippen molar-refractivity contribution in [1.29, 1.82) is 0 Å². The Balaban J connectivity index is 0.000000817. The van der Waals surface area contributed by atoms with Crippen LogP contribution in [0.25, 0.3) is 61.2 Å². The summed E-state index contributed by atoms with van der Waals surface area (Å²) in [5.74, 6) is 0. The molecular weight excluding hydrogens is 625 g/mol. The summed E-state index contributed by atoms with van der Waals surface area (Å²) in [6.07, 6.45) is 24.2. The van der Waals surface area contributed by atoms with Crippen molar-refractivity contribution in [1.82, 2.24) is 0 Å². The predicted octanol–water partition coefficient (Wildman–Crippen LogP) is 15.4. The highest BCUT2D eigenvalue weighted by atomic mass is 14.3. The second-order valence-electron chi connectivity index (χ2n) is 13.2. The summed E-state index contributed by atoms with van der Waals surface area (Å²) >= 11 is 0. The predicted molar refractivity (Wildman–Crippen MR) is 235 cm³/mol. The molecule has 0 saturated heterocycles. The molecule has 0 radical (unpaired) electrons. The zero-order valence-corrected chi connectivity index (χ0v) is 31.8. The molecule has 0 N–H and O–H groups in total. The first-order valence-electron chi connectivity index (χ1n) is 18.6. The third-order valence-electron chi connectivity index (χ3n) is 9.82.